The van der Waals surface area contributed by atoms with Crippen molar-refractivity contribution in [1.82, 2.24) is 25.3 Å². The molecule has 0 aliphatic carbocycles. The smallest absolute Gasteiger partial charge is 0.395 e. The summed E-state index contributed by atoms with van der Waals surface area (Å²) in [5.41, 5.74) is 1.83. The van der Waals surface area contributed by atoms with E-state index in [2.05, 4.69) is 10.3 Å². The molecule has 114 valence electrons. The van der Waals surface area contributed by atoms with Crippen molar-refractivity contribution in [3.05, 3.63) is 11.9 Å². The van der Waals surface area contributed by atoms with Crippen LogP contribution in [0.4, 0.5) is 13.2 Å². The highest BCUT2D eigenvalue weighted by Gasteiger charge is 2.30. The average molecular weight is 296 g/mol. The third kappa shape index (κ3) is 5.50. The number of halogens is 3. The number of nitrogens with zero attached hydrogens (tertiary/aromatic N) is 4. The van der Waals surface area contributed by atoms with E-state index in [4.69, 9.17) is 10.9 Å². The van der Waals surface area contributed by atoms with Crippen LogP contribution in [0.2, 0.25) is 0 Å². The summed E-state index contributed by atoms with van der Waals surface area (Å²) in [6, 6.07) is 0. The van der Waals surface area contributed by atoms with Crippen LogP contribution in [0.25, 0.3) is 0 Å². The minimum atomic E-state index is -4.35. The van der Waals surface area contributed by atoms with Crippen molar-refractivity contribution in [2.75, 3.05) is 26.2 Å². The second kappa shape index (κ2) is 7.17. The van der Waals surface area contributed by atoms with Crippen LogP contribution in [0.5, 0.6) is 0 Å². The summed E-state index contributed by atoms with van der Waals surface area (Å²) in [5, 5.41) is 15.8. The number of hydrogen-bond donors (Lipinski definition) is 3. The summed E-state index contributed by atoms with van der Waals surface area (Å²) in [5.74, 6) is 4.27. The van der Waals surface area contributed by atoms with Crippen molar-refractivity contribution < 1.29 is 23.1 Å². The van der Waals surface area contributed by atoms with Crippen LogP contribution in [-0.4, -0.2) is 63.3 Å². The first kappa shape index (κ1) is 16.3. The van der Waals surface area contributed by atoms with E-state index in [1.807, 2.05) is 5.43 Å². The maximum absolute atomic E-state index is 12.3. The van der Waals surface area contributed by atoms with Gasteiger partial charge in [0.2, 0.25) is 0 Å². The molecule has 0 saturated carbocycles. The van der Waals surface area contributed by atoms with Gasteiger partial charge in [-0.1, -0.05) is 5.21 Å². The molecular formula is C9H15F3N6O2. The SMILES string of the molecule is NNC(=O)c1cn(CCN(CCO)CC(F)(F)F)nn1. The Morgan fingerprint density at radius 1 is 1.50 bits per heavy atom. The molecule has 0 aliphatic heterocycles. The van der Waals surface area contributed by atoms with E-state index in [1.54, 1.807) is 0 Å². The molecule has 11 heteroatoms. The zero-order chi connectivity index (χ0) is 15.2. The molecule has 0 spiro atoms. The molecule has 1 aromatic rings. The number of hydrazine groups is 1. The molecular weight excluding hydrogens is 281 g/mol. The third-order valence-corrected chi connectivity index (χ3v) is 2.37. The van der Waals surface area contributed by atoms with Gasteiger partial charge in [-0.2, -0.15) is 13.2 Å². The third-order valence-electron chi connectivity index (χ3n) is 2.37. The minimum Gasteiger partial charge on any atom is -0.395 e. The van der Waals surface area contributed by atoms with Crippen LogP contribution >= 0.6 is 0 Å². The van der Waals surface area contributed by atoms with Crippen molar-refractivity contribution in [3.63, 3.8) is 0 Å². The Labute approximate surface area is 112 Å². The number of nitrogens with one attached hydrogen (secondary N) is 1. The van der Waals surface area contributed by atoms with Crippen LogP contribution in [0.1, 0.15) is 10.5 Å². The number of aromatic nitrogens is 3. The normalized spacial score (nSPS) is 11.9. The molecule has 8 nitrogen and oxygen atoms in total. The van der Waals surface area contributed by atoms with Gasteiger partial charge in [0.1, 0.15) is 0 Å². The summed E-state index contributed by atoms with van der Waals surface area (Å²) >= 11 is 0. The van der Waals surface area contributed by atoms with Gasteiger partial charge >= 0.3 is 6.18 Å². The first-order valence-corrected chi connectivity index (χ1v) is 5.66. The highest BCUT2D eigenvalue weighted by molar-refractivity contribution is 5.91. The van der Waals surface area contributed by atoms with Gasteiger partial charge in [-0.05, 0) is 0 Å². The van der Waals surface area contributed by atoms with Crippen LogP contribution < -0.4 is 11.3 Å². The van der Waals surface area contributed by atoms with E-state index in [-0.39, 0.29) is 31.9 Å². The van der Waals surface area contributed by atoms with Gasteiger partial charge in [-0.25, -0.2) is 5.84 Å². The zero-order valence-electron chi connectivity index (χ0n) is 10.5. The number of carbonyl (C=O) groups is 1. The van der Waals surface area contributed by atoms with Gasteiger partial charge in [-0.15, -0.1) is 5.10 Å². The molecule has 1 heterocycles. The van der Waals surface area contributed by atoms with Crippen LogP contribution in [0.3, 0.4) is 0 Å². The molecule has 1 rings (SSSR count). The van der Waals surface area contributed by atoms with E-state index in [1.165, 1.54) is 10.9 Å². The van der Waals surface area contributed by atoms with Gasteiger partial charge in [0.15, 0.2) is 5.69 Å². The maximum atomic E-state index is 12.3. The molecule has 0 saturated heterocycles. The van der Waals surface area contributed by atoms with Crippen LogP contribution in [-0.2, 0) is 6.54 Å². The van der Waals surface area contributed by atoms with Gasteiger partial charge in [0.25, 0.3) is 5.91 Å². The number of hydrogen-bond acceptors (Lipinski definition) is 6. The fourth-order valence-electron chi connectivity index (χ4n) is 1.49. The molecule has 0 bridgehead atoms. The molecule has 0 aromatic carbocycles. The second-order valence-corrected chi connectivity index (χ2v) is 3.96. The molecule has 0 atom stereocenters. The molecule has 0 radical (unpaired) electrons. The first-order chi connectivity index (χ1) is 9.35. The lowest BCUT2D eigenvalue weighted by atomic mass is 10.4. The van der Waals surface area contributed by atoms with Crippen molar-refractivity contribution in [2.24, 2.45) is 5.84 Å². The Morgan fingerprint density at radius 3 is 2.75 bits per heavy atom. The quantitative estimate of drug-likeness (QED) is 0.329. The van der Waals surface area contributed by atoms with E-state index in [0.29, 0.717) is 0 Å². The van der Waals surface area contributed by atoms with Crippen molar-refractivity contribution >= 4 is 5.91 Å². The lowest BCUT2D eigenvalue weighted by Crippen LogP contribution is -2.38. The van der Waals surface area contributed by atoms with Gasteiger partial charge in [0.05, 0.1) is 25.9 Å². The number of nitrogen functional groups attached to an aromatic ring is 1. The Hall–Kier alpha value is -1.72. The maximum Gasteiger partial charge on any atom is 0.401 e. The average Bonchev–Trinajstić information content (AvgIpc) is 2.82. The van der Waals surface area contributed by atoms with E-state index >= 15 is 0 Å². The zero-order valence-corrected chi connectivity index (χ0v) is 10.5. The minimum absolute atomic E-state index is 0.00706. The highest BCUT2D eigenvalue weighted by Crippen LogP contribution is 2.16. The summed E-state index contributed by atoms with van der Waals surface area (Å²) in [6.45, 7) is -1.51. The van der Waals surface area contributed by atoms with Crippen LogP contribution in [0.15, 0.2) is 6.20 Å². The topological polar surface area (TPSA) is 109 Å². The van der Waals surface area contributed by atoms with E-state index in [9.17, 15) is 18.0 Å². The highest BCUT2D eigenvalue weighted by atomic mass is 19.4. The second-order valence-electron chi connectivity index (χ2n) is 3.96. The molecule has 0 fully saturated rings. The van der Waals surface area contributed by atoms with Crippen molar-refractivity contribution in [1.29, 1.82) is 0 Å². The Bertz CT molecular complexity index is 436. The number of nitrogens with two attached hydrogens (primary N) is 1. The van der Waals surface area contributed by atoms with Crippen LogP contribution in [0, 0.1) is 0 Å². The number of aliphatic hydroxyl groups excluding tert-OH is 1. The Kier molecular flexibility index (Phi) is 5.85. The molecule has 1 aromatic heterocycles. The fourth-order valence-corrected chi connectivity index (χ4v) is 1.49. The number of aliphatic hydroxyl groups is 1. The van der Waals surface area contributed by atoms with Gasteiger partial charge in [0, 0.05) is 13.1 Å². The molecule has 0 unspecified atom stereocenters. The fraction of sp³-hybridized carbons (Fsp3) is 0.667. The lowest BCUT2D eigenvalue weighted by molar-refractivity contribution is -0.147. The van der Waals surface area contributed by atoms with E-state index < -0.39 is 18.6 Å². The first-order valence-electron chi connectivity index (χ1n) is 5.66. The van der Waals surface area contributed by atoms with Gasteiger partial charge in [-0.3, -0.25) is 19.8 Å². The Balaban J connectivity index is 2.54. The molecule has 4 N–H and O–H groups in total. The number of rotatable bonds is 7. The largest absolute Gasteiger partial charge is 0.401 e. The monoisotopic (exact) mass is 296 g/mol. The number of alkyl halides is 3. The van der Waals surface area contributed by atoms with Crippen molar-refractivity contribution in [2.45, 2.75) is 12.7 Å². The standard InChI is InChI=1S/C9H15F3N6O2/c10-9(11,12)6-17(3-4-19)1-2-18-5-7(15-16-18)8(20)14-13/h5,19H,1-4,6,13H2,(H,14,20). The summed E-state index contributed by atoms with van der Waals surface area (Å²) < 4.78 is 38.1. The van der Waals surface area contributed by atoms with Gasteiger partial charge < -0.3 is 5.11 Å². The predicted molar refractivity (Wildman–Crippen MR) is 61.3 cm³/mol. The molecule has 1 amide bonds. The summed E-state index contributed by atoms with van der Waals surface area (Å²) in [4.78, 5) is 12.1. The van der Waals surface area contributed by atoms with E-state index in [0.717, 1.165) is 4.90 Å². The lowest BCUT2D eigenvalue weighted by Gasteiger charge is -2.22. The van der Waals surface area contributed by atoms with Crippen molar-refractivity contribution in [3.8, 4) is 0 Å². The summed E-state index contributed by atoms with van der Waals surface area (Å²) in [6.07, 6.45) is -3.07. The number of carbonyl (C=O) groups excluding carboxylic acids is 1. The predicted octanol–water partition coefficient (Wildman–Crippen LogP) is -1.26. The molecule has 0 aliphatic rings. The number of amides is 1. The summed E-state index contributed by atoms with van der Waals surface area (Å²) in [7, 11) is 0. The molecule has 20 heavy (non-hydrogen) atoms. The Morgan fingerprint density at radius 2 is 2.20 bits per heavy atom.